The topological polar surface area (TPSA) is 35.2 Å². The SMILES string of the molecule is NC(C1CCOC1)C1C2C3CCC(C3)C21. The van der Waals surface area contributed by atoms with Crippen molar-refractivity contribution in [3.8, 4) is 0 Å². The lowest BCUT2D eigenvalue weighted by atomic mass is 9.89. The molecule has 2 nitrogen and oxygen atoms in total. The van der Waals surface area contributed by atoms with Crippen LogP contribution in [0.3, 0.4) is 0 Å². The summed E-state index contributed by atoms with van der Waals surface area (Å²) < 4.78 is 5.47. The van der Waals surface area contributed by atoms with Crippen molar-refractivity contribution in [3.63, 3.8) is 0 Å². The zero-order valence-electron chi connectivity index (χ0n) is 9.27. The second-order valence-electron chi connectivity index (χ2n) is 6.27. The zero-order chi connectivity index (χ0) is 9.99. The Kier molecular flexibility index (Phi) is 1.79. The Bertz CT molecular complexity index is 258. The predicted molar refractivity (Wildman–Crippen MR) is 58.2 cm³/mol. The molecule has 2 N–H and O–H groups in total. The van der Waals surface area contributed by atoms with Crippen molar-refractivity contribution >= 4 is 0 Å². The first-order valence-corrected chi connectivity index (χ1v) is 6.69. The first kappa shape index (κ1) is 9.00. The van der Waals surface area contributed by atoms with Crippen LogP contribution >= 0.6 is 0 Å². The maximum atomic E-state index is 6.45. The van der Waals surface area contributed by atoms with Crippen molar-refractivity contribution in [1.82, 2.24) is 0 Å². The lowest BCUT2D eigenvalue weighted by Crippen LogP contribution is -2.34. The van der Waals surface area contributed by atoms with E-state index in [1.165, 1.54) is 19.3 Å². The van der Waals surface area contributed by atoms with Gasteiger partial charge in [0.05, 0.1) is 6.61 Å². The van der Waals surface area contributed by atoms with E-state index in [4.69, 9.17) is 10.5 Å². The van der Waals surface area contributed by atoms with Crippen molar-refractivity contribution in [2.75, 3.05) is 13.2 Å². The Morgan fingerprint density at radius 2 is 1.80 bits per heavy atom. The molecule has 0 aromatic rings. The molecule has 4 rings (SSSR count). The van der Waals surface area contributed by atoms with Crippen LogP contribution in [-0.2, 0) is 4.74 Å². The molecular formula is C13H21NO. The van der Waals surface area contributed by atoms with Crippen LogP contribution in [0.5, 0.6) is 0 Å². The third kappa shape index (κ3) is 1.13. The van der Waals surface area contributed by atoms with Gasteiger partial charge in [0.1, 0.15) is 0 Å². The fourth-order valence-electron chi connectivity index (χ4n) is 5.08. The van der Waals surface area contributed by atoms with Crippen LogP contribution in [0.1, 0.15) is 25.7 Å². The summed E-state index contributed by atoms with van der Waals surface area (Å²) in [4.78, 5) is 0. The van der Waals surface area contributed by atoms with Gasteiger partial charge in [-0.25, -0.2) is 0 Å². The van der Waals surface area contributed by atoms with Gasteiger partial charge < -0.3 is 10.5 Å². The minimum absolute atomic E-state index is 0.464. The summed E-state index contributed by atoms with van der Waals surface area (Å²) in [5, 5.41) is 0. The van der Waals surface area contributed by atoms with Crippen LogP contribution in [0.2, 0.25) is 0 Å². The van der Waals surface area contributed by atoms with E-state index < -0.39 is 0 Å². The highest BCUT2D eigenvalue weighted by Gasteiger charge is 2.66. The van der Waals surface area contributed by atoms with Crippen LogP contribution in [0, 0.1) is 35.5 Å². The van der Waals surface area contributed by atoms with Crippen molar-refractivity contribution < 1.29 is 4.74 Å². The first-order valence-electron chi connectivity index (χ1n) is 6.69. The quantitative estimate of drug-likeness (QED) is 0.747. The van der Waals surface area contributed by atoms with Crippen molar-refractivity contribution in [2.24, 2.45) is 41.2 Å². The van der Waals surface area contributed by atoms with Crippen LogP contribution in [-0.4, -0.2) is 19.3 Å². The number of hydrogen-bond donors (Lipinski definition) is 1. The average Bonchev–Trinajstić information content (AvgIpc) is 2.70. The normalized spacial score (nSPS) is 58.2. The fourth-order valence-corrected chi connectivity index (χ4v) is 5.08. The van der Waals surface area contributed by atoms with E-state index in [0.29, 0.717) is 12.0 Å². The van der Waals surface area contributed by atoms with Gasteiger partial charge in [-0.1, -0.05) is 0 Å². The Balaban J connectivity index is 1.48. The molecule has 0 amide bonds. The molecule has 6 unspecified atom stereocenters. The number of rotatable bonds is 2. The molecule has 1 heterocycles. The largest absolute Gasteiger partial charge is 0.381 e. The van der Waals surface area contributed by atoms with Gasteiger partial charge in [-0.05, 0) is 61.2 Å². The van der Waals surface area contributed by atoms with Crippen LogP contribution in [0.4, 0.5) is 0 Å². The molecular weight excluding hydrogens is 186 g/mol. The minimum atomic E-state index is 0.464. The van der Waals surface area contributed by atoms with E-state index in [1.807, 2.05) is 0 Å². The number of ether oxygens (including phenoxy) is 1. The monoisotopic (exact) mass is 207 g/mol. The third-order valence-corrected chi connectivity index (χ3v) is 5.75. The molecule has 6 atom stereocenters. The summed E-state index contributed by atoms with van der Waals surface area (Å²) >= 11 is 0. The first-order chi connectivity index (χ1) is 7.36. The van der Waals surface area contributed by atoms with E-state index in [0.717, 1.165) is 42.8 Å². The molecule has 4 aliphatic rings. The molecule has 2 bridgehead atoms. The molecule has 0 aromatic heterocycles. The van der Waals surface area contributed by atoms with Crippen molar-refractivity contribution in [3.05, 3.63) is 0 Å². The summed E-state index contributed by atoms with van der Waals surface area (Å²) in [6.45, 7) is 1.89. The molecule has 1 saturated heterocycles. The van der Waals surface area contributed by atoms with Gasteiger partial charge in [0.2, 0.25) is 0 Å². The molecule has 3 saturated carbocycles. The minimum Gasteiger partial charge on any atom is -0.381 e. The van der Waals surface area contributed by atoms with Crippen molar-refractivity contribution in [2.45, 2.75) is 31.7 Å². The lowest BCUT2D eigenvalue weighted by molar-refractivity contribution is 0.176. The summed E-state index contributed by atoms with van der Waals surface area (Å²) in [5.74, 6) is 5.79. The summed E-state index contributed by atoms with van der Waals surface area (Å²) in [6, 6.07) is 0.464. The number of fused-ring (bicyclic) bond motifs is 5. The molecule has 3 aliphatic carbocycles. The Morgan fingerprint density at radius 1 is 1.07 bits per heavy atom. The van der Waals surface area contributed by atoms with E-state index in [1.54, 1.807) is 6.42 Å². The molecule has 4 fully saturated rings. The Labute approximate surface area is 91.5 Å². The fraction of sp³-hybridized carbons (Fsp3) is 1.00. The van der Waals surface area contributed by atoms with Gasteiger partial charge in [-0.2, -0.15) is 0 Å². The standard InChI is InChI=1S/C13H21NO/c14-13(9-3-4-15-6-9)12-10-7-1-2-8(5-7)11(10)12/h7-13H,1-6,14H2. The van der Waals surface area contributed by atoms with E-state index >= 15 is 0 Å². The Hall–Kier alpha value is -0.0800. The summed E-state index contributed by atoms with van der Waals surface area (Å²) in [5.41, 5.74) is 6.45. The van der Waals surface area contributed by atoms with Gasteiger partial charge in [0.25, 0.3) is 0 Å². The van der Waals surface area contributed by atoms with E-state index in [2.05, 4.69) is 0 Å². The highest BCUT2D eigenvalue weighted by atomic mass is 16.5. The highest BCUT2D eigenvalue weighted by Crippen LogP contribution is 2.70. The van der Waals surface area contributed by atoms with Gasteiger partial charge in [0.15, 0.2) is 0 Å². The maximum Gasteiger partial charge on any atom is 0.0510 e. The molecule has 0 spiro atoms. The highest BCUT2D eigenvalue weighted by molar-refractivity contribution is 5.16. The van der Waals surface area contributed by atoms with Crippen LogP contribution < -0.4 is 5.73 Å². The molecule has 15 heavy (non-hydrogen) atoms. The van der Waals surface area contributed by atoms with Gasteiger partial charge in [-0.3, -0.25) is 0 Å². The summed E-state index contributed by atoms with van der Waals surface area (Å²) in [7, 11) is 0. The molecule has 1 aliphatic heterocycles. The van der Waals surface area contributed by atoms with Gasteiger partial charge in [-0.15, -0.1) is 0 Å². The predicted octanol–water partition coefficient (Wildman–Crippen LogP) is 1.64. The maximum absolute atomic E-state index is 6.45. The molecule has 0 aromatic carbocycles. The molecule has 84 valence electrons. The number of hydrogen-bond acceptors (Lipinski definition) is 2. The number of nitrogens with two attached hydrogens (primary N) is 1. The van der Waals surface area contributed by atoms with Crippen LogP contribution in [0.25, 0.3) is 0 Å². The zero-order valence-corrected chi connectivity index (χ0v) is 9.27. The van der Waals surface area contributed by atoms with E-state index in [-0.39, 0.29) is 0 Å². The average molecular weight is 207 g/mol. The molecule has 0 radical (unpaired) electrons. The third-order valence-electron chi connectivity index (χ3n) is 5.75. The molecule has 2 heteroatoms. The van der Waals surface area contributed by atoms with E-state index in [9.17, 15) is 0 Å². The second-order valence-corrected chi connectivity index (χ2v) is 6.27. The lowest BCUT2D eigenvalue weighted by Gasteiger charge is -2.20. The van der Waals surface area contributed by atoms with Gasteiger partial charge >= 0.3 is 0 Å². The smallest absolute Gasteiger partial charge is 0.0510 e. The van der Waals surface area contributed by atoms with Crippen LogP contribution in [0.15, 0.2) is 0 Å². The second kappa shape index (κ2) is 2.98. The van der Waals surface area contributed by atoms with Crippen molar-refractivity contribution in [1.29, 1.82) is 0 Å². The van der Waals surface area contributed by atoms with Gasteiger partial charge in [0, 0.05) is 12.6 Å². The Morgan fingerprint density at radius 3 is 2.40 bits per heavy atom. The summed E-state index contributed by atoms with van der Waals surface area (Å²) in [6.07, 6.45) is 5.78.